The predicted octanol–water partition coefficient (Wildman–Crippen LogP) is 3.33. The first-order valence-corrected chi connectivity index (χ1v) is 15.2. The summed E-state index contributed by atoms with van der Waals surface area (Å²) >= 11 is 0. The monoisotopic (exact) mass is 580 g/mol. The van der Waals surface area contributed by atoms with Crippen LogP contribution in [0.25, 0.3) is 21.5 Å². The van der Waals surface area contributed by atoms with E-state index in [1.807, 2.05) is 25.0 Å². The topological polar surface area (TPSA) is 129 Å². The average Bonchev–Trinajstić information content (AvgIpc) is 2.90. The number of unbranched alkanes of at least 4 members (excludes halogenated alkanes) is 2. The minimum absolute atomic E-state index is 0. The van der Waals surface area contributed by atoms with Gasteiger partial charge in [-0.05, 0) is 59.0 Å². The molecule has 0 aliphatic rings. The Bertz CT molecular complexity index is 1580. The molecular formula is C29H33NaO7S2. The third-order valence-corrected chi connectivity index (χ3v) is 7.93. The van der Waals surface area contributed by atoms with Crippen molar-refractivity contribution < 1.29 is 60.3 Å². The third kappa shape index (κ3) is 9.49. The SMILES string of the molecule is C=O.CCCCc1cc2ccccc2c(S(=O)(=O)O)c1CCCC.O=S(=O)([O-])c1cccc2ccccc12.[Na+]. The molecule has 0 atom stereocenters. The zero-order chi connectivity index (χ0) is 28.3. The summed E-state index contributed by atoms with van der Waals surface area (Å²) in [5.74, 6) is 0. The zero-order valence-electron chi connectivity index (χ0n) is 22.6. The Balaban J connectivity index is 0.000000386. The van der Waals surface area contributed by atoms with Gasteiger partial charge in [0.05, 0.1) is 4.90 Å². The standard InChI is InChI=1S/C18H24O3S.C10H8O3S.CH2O.Na/c1-3-5-9-14-13-15-10-7-8-12-17(15)18(22(19,20)21)16(14)11-6-4-2;11-14(12,13)10-7-3-5-8-4-1-2-6-9(8)10;1-2;/h7-8,10,12-13H,3-6,9,11H2,1-2H3,(H,19,20,21);1-7H,(H,11,12,13);1H2;/q;;;+1/p-1. The van der Waals surface area contributed by atoms with Crippen molar-refractivity contribution >= 4 is 48.6 Å². The van der Waals surface area contributed by atoms with Crippen LogP contribution in [0, 0.1) is 0 Å². The van der Waals surface area contributed by atoms with Gasteiger partial charge in [0.2, 0.25) is 0 Å². The van der Waals surface area contributed by atoms with Crippen molar-refractivity contribution in [3.63, 3.8) is 0 Å². The van der Waals surface area contributed by atoms with Gasteiger partial charge in [-0.25, -0.2) is 8.42 Å². The minimum Gasteiger partial charge on any atom is -0.744 e. The van der Waals surface area contributed by atoms with Crippen molar-refractivity contribution in [1.82, 2.24) is 0 Å². The van der Waals surface area contributed by atoms with E-state index in [4.69, 9.17) is 4.79 Å². The van der Waals surface area contributed by atoms with E-state index in [-0.39, 0.29) is 39.3 Å². The third-order valence-electron chi connectivity index (χ3n) is 6.05. The zero-order valence-corrected chi connectivity index (χ0v) is 26.2. The van der Waals surface area contributed by atoms with Crippen LogP contribution in [0.2, 0.25) is 0 Å². The number of carbonyl (C=O) groups excluding carboxylic acids is 1. The van der Waals surface area contributed by atoms with Crippen molar-refractivity contribution in [2.75, 3.05) is 0 Å². The van der Waals surface area contributed by atoms with E-state index in [0.29, 0.717) is 17.2 Å². The van der Waals surface area contributed by atoms with Gasteiger partial charge in [0.1, 0.15) is 21.8 Å². The maximum atomic E-state index is 12.0. The summed E-state index contributed by atoms with van der Waals surface area (Å²) in [7, 11) is -8.62. The molecule has 0 aromatic heterocycles. The van der Waals surface area contributed by atoms with Crippen LogP contribution in [0.5, 0.6) is 0 Å². The Morgan fingerprint density at radius 3 is 1.82 bits per heavy atom. The minimum atomic E-state index is -4.38. The maximum Gasteiger partial charge on any atom is 1.00 e. The van der Waals surface area contributed by atoms with E-state index in [2.05, 4.69) is 19.9 Å². The number of hydrogen-bond acceptors (Lipinski definition) is 6. The van der Waals surface area contributed by atoms with Crippen molar-refractivity contribution in [2.45, 2.75) is 62.2 Å². The molecule has 10 heteroatoms. The number of benzene rings is 4. The largest absolute Gasteiger partial charge is 1.00 e. The number of rotatable bonds is 8. The summed E-state index contributed by atoms with van der Waals surface area (Å²) in [5, 5.41) is 2.73. The van der Waals surface area contributed by atoms with E-state index in [1.54, 1.807) is 42.5 Å². The average molecular weight is 581 g/mol. The van der Waals surface area contributed by atoms with Crippen molar-refractivity contribution in [1.29, 1.82) is 0 Å². The number of carbonyl (C=O) groups is 1. The van der Waals surface area contributed by atoms with Crippen molar-refractivity contribution in [2.24, 2.45) is 0 Å². The van der Waals surface area contributed by atoms with Gasteiger partial charge < -0.3 is 9.35 Å². The van der Waals surface area contributed by atoms with Crippen LogP contribution < -0.4 is 29.6 Å². The Morgan fingerprint density at radius 2 is 1.26 bits per heavy atom. The van der Waals surface area contributed by atoms with Crippen molar-refractivity contribution in [3.8, 4) is 0 Å². The second-order valence-corrected chi connectivity index (χ2v) is 11.4. The fraction of sp³-hybridized carbons (Fsp3) is 0.276. The molecule has 7 nitrogen and oxygen atoms in total. The van der Waals surface area contributed by atoms with Crippen LogP contribution in [-0.2, 0) is 37.9 Å². The summed E-state index contributed by atoms with van der Waals surface area (Å²) < 4.78 is 66.5. The smallest absolute Gasteiger partial charge is 0.744 e. The van der Waals surface area contributed by atoms with Gasteiger partial charge in [-0.2, -0.15) is 8.42 Å². The second kappa shape index (κ2) is 16.2. The summed E-state index contributed by atoms with van der Waals surface area (Å²) in [5.41, 5.74) is 1.86. The maximum absolute atomic E-state index is 12.0. The van der Waals surface area contributed by atoms with E-state index in [0.717, 1.165) is 54.0 Å². The van der Waals surface area contributed by atoms with Gasteiger partial charge in [0.25, 0.3) is 10.1 Å². The molecule has 0 radical (unpaired) electrons. The molecule has 0 saturated heterocycles. The number of fused-ring (bicyclic) bond motifs is 2. The van der Waals surface area contributed by atoms with E-state index in [1.165, 1.54) is 6.07 Å². The molecule has 0 amide bonds. The van der Waals surface area contributed by atoms with E-state index >= 15 is 0 Å². The van der Waals surface area contributed by atoms with Gasteiger partial charge >= 0.3 is 29.6 Å². The van der Waals surface area contributed by atoms with E-state index < -0.39 is 20.2 Å². The predicted molar refractivity (Wildman–Crippen MR) is 150 cm³/mol. The first-order valence-electron chi connectivity index (χ1n) is 12.3. The summed E-state index contributed by atoms with van der Waals surface area (Å²) in [6, 6.07) is 21.0. The molecule has 39 heavy (non-hydrogen) atoms. The molecule has 204 valence electrons. The summed E-state index contributed by atoms with van der Waals surface area (Å²) in [4.78, 5) is 7.96. The molecule has 4 aromatic rings. The Kier molecular flexibility index (Phi) is 14.5. The molecule has 0 spiro atoms. The van der Waals surface area contributed by atoms with Crippen molar-refractivity contribution in [3.05, 3.63) is 83.9 Å². The molecule has 0 unspecified atom stereocenters. The van der Waals surface area contributed by atoms with Crippen LogP contribution in [0.3, 0.4) is 0 Å². The molecular weight excluding hydrogens is 547 g/mol. The molecule has 1 N–H and O–H groups in total. The molecule has 4 aromatic carbocycles. The van der Waals surface area contributed by atoms with Gasteiger partial charge in [0, 0.05) is 5.39 Å². The van der Waals surface area contributed by atoms with Crippen LogP contribution in [0.1, 0.15) is 50.7 Å². The summed E-state index contributed by atoms with van der Waals surface area (Å²) in [6.07, 6.45) is 5.52. The molecule has 0 saturated carbocycles. The number of hydrogen-bond donors (Lipinski definition) is 1. The first-order chi connectivity index (χ1) is 18.1. The van der Waals surface area contributed by atoms with Gasteiger partial charge in [0.15, 0.2) is 0 Å². The number of aryl methyl sites for hydroxylation is 1. The van der Waals surface area contributed by atoms with Crippen LogP contribution in [-0.4, -0.2) is 32.7 Å². The van der Waals surface area contributed by atoms with Crippen LogP contribution >= 0.6 is 0 Å². The van der Waals surface area contributed by atoms with Crippen LogP contribution in [0.15, 0.2) is 82.6 Å². The molecule has 0 bridgehead atoms. The summed E-state index contributed by atoms with van der Waals surface area (Å²) in [6.45, 7) is 6.20. The molecule has 0 aliphatic heterocycles. The first kappa shape index (κ1) is 34.9. The Hall–Kier alpha value is -2.11. The second-order valence-electron chi connectivity index (χ2n) is 8.68. The van der Waals surface area contributed by atoms with Gasteiger partial charge in [-0.3, -0.25) is 4.55 Å². The van der Waals surface area contributed by atoms with E-state index in [9.17, 15) is 25.9 Å². The molecule has 0 fully saturated rings. The fourth-order valence-electron chi connectivity index (χ4n) is 4.34. The Labute approximate surface area is 253 Å². The van der Waals surface area contributed by atoms with Gasteiger partial charge in [-0.15, -0.1) is 0 Å². The van der Waals surface area contributed by atoms with Gasteiger partial charge in [-0.1, -0.05) is 93.4 Å². The normalized spacial score (nSPS) is 11.1. The fourth-order valence-corrected chi connectivity index (χ4v) is 6.05. The quantitative estimate of drug-likeness (QED) is 0.250. The molecule has 0 heterocycles. The molecule has 4 rings (SSSR count). The van der Waals surface area contributed by atoms with Crippen LogP contribution in [0.4, 0.5) is 0 Å². The Morgan fingerprint density at radius 1 is 0.744 bits per heavy atom. The molecule has 0 aliphatic carbocycles.